The lowest BCUT2D eigenvalue weighted by atomic mass is 10.2. The molecule has 1 aromatic carbocycles. The molecule has 6 heteroatoms. The molecule has 0 spiro atoms. The van der Waals surface area contributed by atoms with Crippen molar-refractivity contribution in [2.75, 3.05) is 38.6 Å². The van der Waals surface area contributed by atoms with E-state index in [4.69, 9.17) is 11.6 Å². The van der Waals surface area contributed by atoms with Crippen LogP contribution in [0.5, 0.6) is 0 Å². The molecule has 1 saturated heterocycles. The third-order valence-corrected chi connectivity index (χ3v) is 3.95. The topological polar surface area (TPSA) is 55.8 Å². The molecular formula is C14H20ClN3O2. The Bertz CT molecular complexity index is 495. The zero-order chi connectivity index (χ0) is 14.7. The fraction of sp³-hybridized carbons (Fsp3) is 0.500. The number of carbonyl (C=O) groups excluding carboxylic acids is 1. The van der Waals surface area contributed by atoms with Gasteiger partial charge in [0, 0.05) is 19.6 Å². The Hall–Kier alpha value is -1.30. The van der Waals surface area contributed by atoms with Crippen LogP contribution in [0, 0.1) is 6.92 Å². The Kier molecular flexibility index (Phi) is 4.86. The van der Waals surface area contributed by atoms with Crippen molar-refractivity contribution < 1.29 is 9.90 Å². The highest BCUT2D eigenvalue weighted by Crippen LogP contribution is 2.23. The molecule has 1 aliphatic heterocycles. The third-order valence-electron chi connectivity index (χ3n) is 3.64. The maximum Gasteiger partial charge on any atom is 0.321 e. The highest BCUT2D eigenvalue weighted by molar-refractivity contribution is 6.33. The van der Waals surface area contributed by atoms with Gasteiger partial charge in [-0.1, -0.05) is 17.7 Å². The molecule has 0 bridgehead atoms. The van der Waals surface area contributed by atoms with Crippen LogP contribution in [-0.4, -0.2) is 60.3 Å². The summed E-state index contributed by atoms with van der Waals surface area (Å²) in [5.41, 5.74) is 1.66. The van der Waals surface area contributed by atoms with Crippen LogP contribution < -0.4 is 5.32 Å². The monoisotopic (exact) mass is 297 g/mol. The molecule has 1 heterocycles. The van der Waals surface area contributed by atoms with Gasteiger partial charge in [-0.2, -0.15) is 0 Å². The number of nitrogens with zero attached hydrogens (tertiary/aromatic N) is 2. The zero-order valence-electron chi connectivity index (χ0n) is 11.8. The van der Waals surface area contributed by atoms with E-state index >= 15 is 0 Å². The van der Waals surface area contributed by atoms with E-state index in [1.165, 1.54) is 0 Å². The number of anilines is 1. The second-order valence-corrected chi connectivity index (χ2v) is 5.58. The average Bonchev–Trinajstić information content (AvgIpc) is 2.42. The Balaban J connectivity index is 2.01. The maximum atomic E-state index is 12.2. The number of benzene rings is 1. The van der Waals surface area contributed by atoms with Crippen LogP contribution in [0.3, 0.4) is 0 Å². The first kappa shape index (κ1) is 15.1. The second kappa shape index (κ2) is 6.43. The number of amides is 2. The van der Waals surface area contributed by atoms with Crippen LogP contribution in [0.25, 0.3) is 0 Å². The molecule has 1 aliphatic rings. The Morgan fingerprint density at radius 1 is 1.50 bits per heavy atom. The molecule has 0 aromatic heterocycles. The van der Waals surface area contributed by atoms with Gasteiger partial charge < -0.3 is 15.3 Å². The molecule has 2 rings (SSSR count). The number of carbonyl (C=O) groups is 1. The molecule has 1 atom stereocenters. The van der Waals surface area contributed by atoms with E-state index in [1.807, 2.05) is 26.1 Å². The van der Waals surface area contributed by atoms with Gasteiger partial charge in [0.1, 0.15) is 0 Å². The summed E-state index contributed by atoms with van der Waals surface area (Å²) < 4.78 is 0. The molecule has 0 unspecified atom stereocenters. The van der Waals surface area contributed by atoms with Crippen LogP contribution in [0.2, 0.25) is 5.02 Å². The van der Waals surface area contributed by atoms with Gasteiger partial charge in [-0.15, -0.1) is 0 Å². The van der Waals surface area contributed by atoms with Crippen LogP contribution >= 0.6 is 11.6 Å². The molecule has 1 fully saturated rings. The van der Waals surface area contributed by atoms with Crippen molar-refractivity contribution in [3.8, 4) is 0 Å². The summed E-state index contributed by atoms with van der Waals surface area (Å²) in [6.45, 7) is 3.90. The standard InChI is InChI=1S/C14H20ClN3O2/c1-10-3-4-13(12(15)7-10)16-14(20)18-6-5-17(2)11(8-18)9-19/h3-4,7,11,19H,5-6,8-9H2,1-2H3,(H,16,20)/t11-/m0/s1. The number of piperazine rings is 1. The number of aryl methyl sites for hydroxylation is 1. The summed E-state index contributed by atoms with van der Waals surface area (Å²) >= 11 is 6.11. The minimum absolute atomic E-state index is 0.0111. The van der Waals surface area contributed by atoms with Gasteiger partial charge in [0.15, 0.2) is 0 Å². The molecule has 2 amide bonds. The number of rotatable bonds is 2. The van der Waals surface area contributed by atoms with Gasteiger partial charge >= 0.3 is 6.03 Å². The first-order valence-electron chi connectivity index (χ1n) is 6.64. The van der Waals surface area contributed by atoms with Gasteiger partial charge in [0.05, 0.1) is 23.4 Å². The number of hydrogen-bond donors (Lipinski definition) is 2. The number of urea groups is 1. The number of likely N-dealkylation sites (N-methyl/N-ethyl adjacent to an activating group) is 1. The minimum atomic E-state index is -0.178. The van der Waals surface area contributed by atoms with Crippen molar-refractivity contribution >= 4 is 23.3 Å². The molecule has 0 saturated carbocycles. The SMILES string of the molecule is Cc1ccc(NC(=O)N2CCN(C)[C@H](CO)C2)c(Cl)c1. The summed E-state index contributed by atoms with van der Waals surface area (Å²) in [6, 6.07) is 5.33. The third kappa shape index (κ3) is 3.42. The van der Waals surface area contributed by atoms with Crippen LogP contribution in [0.15, 0.2) is 18.2 Å². The Morgan fingerprint density at radius 2 is 2.25 bits per heavy atom. The van der Waals surface area contributed by atoms with Crippen molar-refractivity contribution in [2.45, 2.75) is 13.0 Å². The molecule has 0 aliphatic carbocycles. The molecule has 2 N–H and O–H groups in total. The van der Waals surface area contributed by atoms with E-state index in [9.17, 15) is 9.90 Å². The zero-order valence-corrected chi connectivity index (χ0v) is 12.5. The first-order valence-corrected chi connectivity index (χ1v) is 7.02. The van der Waals surface area contributed by atoms with Gasteiger partial charge in [-0.3, -0.25) is 4.90 Å². The van der Waals surface area contributed by atoms with E-state index in [0.717, 1.165) is 12.1 Å². The molecule has 1 aromatic rings. The van der Waals surface area contributed by atoms with Gasteiger partial charge in [-0.05, 0) is 31.7 Å². The van der Waals surface area contributed by atoms with E-state index in [1.54, 1.807) is 11.0 Å². The summed E-state index contributed by atoms with van der Waals surface area (Å²) in [4.78, 5) is 16.0. The largest absolute Gasteiger partial charge is 0.395 e. The molecule has 20 heavy (non-hydrogen) atoms. The average molecular weight is 298 g/mol. The minimum Gasteiger partial charge on any atom is -0.395 e. The van der Waals surface area contributed by atoms with Crippen molar-refractivity contribution in [1.82, 2.24) is 9.80 Å². The molecule has 110 valence electrons. The first-order chi connectivity index (χ1) is 9.51. The lowest BCUT2D eigenvalue weighted by Gasteiger charge is -2.38. The fourth-order valence-electron chi connectivity index (χ4n) is 2.24. The molecule has 5 nitrogen and oxygen atoms in total. The lowest BCUT2D eigenvalue weighted by Crippen LogP contribution is -2.55. The van der Waals surface area contributed by atoms with Crippen LogP contribution in [0.4, 0.5) is 10.5 Å². The van der Waals surface area contributed by atoms with E-state index in [0.29, 0.717) is 23.8 Å². The number of aliphatic hydroxyl groups is 1. The Labute approximate surface area is 124 Å². The van der Waals surface area contributed by atoms with Gasteiger partial charge in [0.25, 0.3) is 0 Å². The highest BCUT2D eigenvalue weighted by Gasteiger charge is 2.26. The smallest absolute Gasteiger partial charge is 0.321 e. The second-order valence-electron chi connectivity index (χ2n) is 5.18. The van der Waals surface area contributed by atoms with Gasteiger partial charge in [0.2, 0.25) is 0 Å². The van der Waals surface area contributed by atoms with Crippen molar-refractivity contribution in [2.24, 2.45) is 0 Å². The number of hydrogen-bond acceptors (Lipinski definition) is 3. The summed E-state index contributed by atoms with van der Waals surface area (Å²) in [6.07, 6.45) is 0. The summed E-state index contributed by atoms with van der Waals surface area (Å²) in [5, 5.41) is 12.7. The number of halogens is 1. The Morgan fingerprint density at radius 3 is 2.90 bits per heavy atom. The predicted molar refractivity (Wildman–Crippen MR) is 80.3 cm³/mol. The molecular weight excluding hydrogens is 278 g/mol. The fourth-order valence-corrected chi connectivity index (χ4v) is 2.53. The summed E-state index contributed by atoms with van der Waals surface area (Å²) in [7, 11) is 1.95. The summed E-state index contributed by atoms with van der Waals surface area (Å²) in [5.74, 6) is 0. The van der Waals surface area contributed by atoms with E-state index < -0.39 is 0 Å². The van der Waals surface area contributed by atoms with Crippen molar-refractivity contribution in [3.05, 3.63) is 28.8 Å². The predicted octanol–water partition coefficient (Wildman–Crippen LogP) is 1.79. The lowest BCUT2D eigenvalue weighted by molar-refractivity contribution is 0.0754. The number of nitrogens with one attached hydrogen (secondary N) is 1. The highest BCUT2D eigenvalue weighted by atomic mass is 35.5. The van der Waals surface area contributed by atoms with E-state index in [-0.39, 0.29) is 18.7 Å². The molecule has 0 radical (unpaired) electrons. The normalized spacial score (nSPS) is 20.0. The van der Waals surface area contributed by atoms with Crippen molar-refractivity contribution in [3.63, 3.8) is 0 Å². The van der Waals surface area contributed by atoms with Gasteiger partial charge in [-0.25, -0.2) is 4.79 Å². The van der Waals surface area contributed by atoms with Crippen molar-refractivity contribution in [1.29, 1.82) is 0 Å². The van der Waals surface area contributed by atoms with E-state index in [2.05, 4.69) is 10.2 Å². The maximum absolute atomic E-state index is 12.2. The quantitative estimate of drug-likeness (QED) is 0.875. The van der Waals surface area contributed by atoms with Crippen LogP contribution in [0.1, 0.15) is 5.56 Å². The number of aliphatic hydroxyl groups excluding tert-OH is 1. The van der Waals surface area contributed by atoms with Crippen LogP contribution in [-0.2, 0) is 0 Å².